The van der Waals surface area contributed by atoms with Gasteiger partial charge in [-0.25, -0.2) is 0 Å². The third-order valence-corrected chi connectivity index (χ3v) is 4.89. The summed E-state index contributed by atoms with van der Waals surface area (Å²) in [7, 11) is 1.69. The smallest absolute Gasteiger partial charge is 0.237 e. The van der Waals surface area contributed by atoms with Crippen molar-refractivity contribution in [3.05, 3.63) is 17.3 Å². The molecule has 0 aliphatic heterocycles. The van der Waals surface area contributed by atoms with E-state index in [-0.39, 0.29) is 0 Å². The number of ether oxygens (including phenoxy) is 1. The first-order valence-corrected chi connectivity index (χ1v) is 7.39. The van der Waals surface area contributed by atoms with Gasteiger partial charge in [0.1, 0.15) is 5.69 Å². The topological polar surface area (TPSA) is 38.6 Å². The Hall–Kier alpha value is -1.07. The van der Waals surface area contributed by atoms with Crippen molar-refractivity contribution in [2.45, 2.75) is 44.7 Å². The van der Waals surface area contributed by atoms with Crippen LogP contribution in [0.5, 0.6) is 5.88 Å². The van der Waals surface area contributed by atoms with Crippen LogP contribution in [0.4, 0.5) is 0 Å². The molecule has 0 spiro atoms. The number of imidazole rings is 1. The molecule has 2 aromatic heterocycles. The highest BCUT2D eigenvalue weighted by Gasteiger charge is 2.34. The van der Waals surface area contributed by atoms with Crippen LogP contribution in [0.3, 0.4) is 0 Å². The van der Waals surface area contributed by atoms with Crippen molar-refractivity contribution in [1.29, 1.82) is 0 Å². The summed E-state index contributed by atoms with van der Waals surface area (Å²) in [5.41, 5.74) is 1.49. The monoisotopic (exact) mass is 265 g/mol. The van der Waals surface area contributed by atoms with Crippen LogP contribution in [0.2, 0.25) is 0 Å². The van der Waals surface area contributed by atoms with Crippen LogP contribution in [0.1, 0.15) is 38.3 Å². The van der Waals surface area contributed by atoms with Crippen LogP contribution in [0, 0.1) is 0 Å². The maximum absolute atomic E-state index is 5.37. The van der Waals surface area contributed by atoms with E-state index in [1.807, 2.05) is 0 Å². The highest BCUT2D eigenvalue weighted by atomic mass is 32.1. The first-order chi connectivity index (χ1) is 8.78. The van der Waals surface area contributed by atoms with Crippen LogP contribution in [0.15, 0.2) is 11.6 Å². The average Bonchev–Trinajstić information content (AvgIpc) is 2.89. The number of nitrogens with one attached hydrogen (secondary N) is 1. The molecule has 0 amide bonds. The Balaban J connectivity index is 1.82. The summed E-state index contributed by atoms with van der Waals surface area (Å²) in [6.07, 6.45) is 7.18. The molecule has 0 bridgehead atoms. The maximum atomic E-state index is 5.37. The molecule has 4 nitrogen and oxygen atoms in total. The number of hydrogen-bond acceptors (Lipinski definition) is 4. The fourth-order valence-corrected chi connectivity index (χ4v) is 3.39. The van der Waals surface area contributed by atoms with Crippen molar-refractivity contribution < 1.29 is 4.74 Å². The molecule has 3 rings (SSSR count). The Bertz CT molecular complexity index is 536. The van der Waals surface area contributed by atoms with Crippen LogP contribution in [-0.2, 0) is 6.54 Å². The van der Waals surface area contributed by atoms with E-state index >= 15 is 0 Å². The molecule has 1 N–H and O–H groups in total. The van der Waals surface area contributed by atoms with Gasteiger partial charge >= 0.3 is 0 Å². The summed E-state index contributed by atoms with van der Waals surface area (Å²) in [5.74, 6) is 0.750. The number of rotatable bonds is 5. The molecule has 1 aliphatic rings. The van der Waals surface area contributed by atoms with Crippen molar-refractivity contribution in [2.24, 2.45) is 0 Å². The molecule has 0 atom stereocenters. The van der Waals surface area contributed by atoms with Gasteiger partial charge in [-0.1, -0.05) is 6.92 Å². The van der Waals surface area contributed by atoms with Gasteiger partial charge in [-0.3, -0.25) is 4.40 Å². The lowest BCUT2D eigenvalue weighted by atomic mass is 9.75. The van der Waals surface area contributed by atoms with Crippen molar-refractivity contribution in [1.82, 2.24) is 14.7 Å². The minimum Gasteiger partial charge on any atom is -0.480 e. The first-order valence-electron chi connectivity index (χ1n) is 6.51. The standard InChI is InChI=1S/C13H19N3OS/c1-3-13(5-4-6-13)14-9-10-11(17-2)15-12-16(10)7-8-18-12/h7-8,14H,3-6,9H2,1-2H3. The lowest BCUT2D eigenvalue weighted by molar-refractivity contribution is 0.174. The van der Waals surface area contributed by atoms with Gasteiger partial charge in [-0.15, -0.1) is 11.3 Å². The summed E-state index contributed by atoms with van der Waals surface area (Å²) >= 11 is 1.64. The van der Waals surface area contributed by atoms with E-state index in [0.717, 1.165) is 23.1 Å². The van der Waals surface area contributed by atoms with Crippen molar-refractivity contribution in [3.8, 4) is 5.88 Å². The SMILES string of the molecule is CCC1(NCc2c(OC)nc3sccn23)CCC1. The molecule has 0 unspecified atom stereocenters. The van der Waals surface area contributed by atoms with Gasteiger partial charge in [-0.2, -0.15) is 4.98 Å². The number of thiazole rings is 1. The van der Waals surface area contributed by atoms with Gasteiger partial charge in [0.05, 0.1) is 7.11 Å². The first kappa shape index (κ1) is 12.0. The van der Waals surface area contributed by atoms with Crippen LogP contribution < -0.4 is 10.1 Å². The Morgan fingerprint density at radius 1 is 1.56 bits per heavy atom. The average molecular weight is 265 g/mol. The number of methoxy groups -OCH3 is 1. The molecule has 1 saturated carbocycles. The summed E-state index contributed by atoms with van der Waals surface area (Å²) in [4.78, 5) is 5.48. The molecule has 18 heavy (non-hydrogen) atoms. The molecular weight excluding hydrogens is 246 g/mol. The fourth-order valence-electron chi connectivity index (χ4n) is 2.67. The number of aromatic nitrogens is 2. The molecule has 0 aromatic carbocycles. The second kappa shape index (κ2) is 4.55. The second-order valence-electron chi connectivity index (χ2n) is 4.96. The Labute approximate surface area is 111 Å². The molecule has 2 heterocycles. The van der Waals surface area contributed by atoms with E-state index in [4.69, 9.17) is 4.74 Å². The lowest BCUT2D eigenvalue weighted by Crippen LogP contribution is -2.50. The maximum Gasteiger partial charge on any atom is 0.237 e. The number of hydrogen-bond donors (Lipinski definition) is 1. The third-order valence-electron chi connectivity index (χ3n) is 4.14. The molecule has 1 fully saturated rings. The quantitative estimate of drug-likeness (QED) is 0.903. The molecule has 0 saturated heterocycles. The van der Waals surface area contributed by atoms with Gasteiger partial charge in [-0.05, 0) is 25.7 Å². The van der Waals surface area contributed by atoms with Crippen LogP contribution >= 0.6 is 11.3 Å². The Morgan fingerprint density at radius 2 is 2.39 bits per heavy atom. The van der Waals surface area contributed by atoms with Crippen molar-refractivity contribution in [3.63, 3.8) is 0 Å². The molecular formula is C13H19N3OS. The van der Waals surface area contributed by atoms with Crippen molar-refractivity contribution >= 4 is 16.3 Å². The minimum absolute atomic E-state index is 0.352. The fraction of sp³-hybridized carbons (Fsp3) is 0.615. The van der Waals surface area contributed by atoms with Gasteiger partial charge < -0.3 is 10.1 Å². The van der Waals surface area contributed by atoms with Crippen LogP contribution in [0.25, 0.3) is 4.96 Å². The van der Waals surface area contributed by atoms with Crippen LogP contribution in [-0.4, -0.2) is 22.0 Å². The van der Waals surface area contributed by atoms with Gasteiger partial charge in [0.2, 0.25) is 5.88 Å². The largest absolute Gasteiger partial charge is 0.480 e. The number of nitrogens with zero attached hydrogens (tertiary/aromatic N) is 2. The van der Waals surface area contributed by atoms with E-state index in [2.05, 4.69) is 33.2 Å². The van der Waals surface area contributed by atoms with Gasteiger partial charge in [0.25, 0.3) is 0 Å². The summed E-state index contributed by atoms with van der Waals surface area (Å²) in [6.45, 7) is 3.09. The zero-order valence-corrected chi connectivity index (χ0v) is 11.7. The number of fused-ring (bicyclic) bond motifs is 1. The van der Waals surface area contributed by atoms with Gasteiger partial charge in [0, 0.05) is 23.7 Å². The lowest BCUT2D eigenvalue weighted by Gasteiger charge is -2.42. The predicted molar refractivity (Wildman–Crippen MR) is 73.3 cm³/mol. The van der Waals surface area contributed by atoms with E-state index in [1.54, 1.807) is 18.4 Å². The normalized spacial score (nSPS) is 17.9. The highest BCUT2D eigenvalue weighted by molar-refractivity contribution is 7.15. The summed E-state index contributed by atoms with van der Waals surface area (Å²) in [5, 5.41) is 5.76. The molecule has 98 valence electrons. The molecule has 1 aliphatic carbocycles. The zero-order chi connectivity index (χ0) is 12.6. The second-order valence-corrected chi connectivity index (χ2v) is 5.84. The zero-order valence-electron chi connectivity index (χ0n) is 10.9. The summed E-state index contributed by atoms with van der Waals surface area (Å²) < 4.78 is 7.50. The highest BCUT2D eigenvalue weighted by Crippen LogP contribution is 2.35. The van der Waals surface area contributed by atoms with E-state index < -0.39 is 0 Å². The van der Waals surface area contributed by atoms with E-state index in [1.165, 1.54) is 25.7 Å². The minimum atomic E-state index is 0.352. The Morgan fingerprint density at radius 3 is 3.00 bits per heavy atom. The van der Waals surface area contributed by atoms with Crippen molar-refractivity contribution in [2.75, 3.05) is 7.11 Å². The van der Waals surface area contributed by atoms with Gasteiger partial charge in [0.15, 0.2) is 4.96 Å². The molecule has 0 radical (unpaired) electrons. The Kier molecular flexibility index (Phi) is 3.03. The third kappa shape index (κ3) is 1.82. The van der Waals surface area contributed by atoms with E-state index in [0.29, 0.717) is 5.54 Å². The molecule has 5 heteroatoms. The summed E-state index contributed by atoms with van der Waals surface area (Å²) in [6, 6.07) is 0. The molecule has 2 aromatic rings. The predicted octanol–water partition coefficient (Wildman–Crippen LogP) is 2.83. The van der Waals surface area contributed by atoms with E-state index in [9.17, 15) is 0 Å².